The Kier molecular flexibility index (Phi) is 6.63. The van der Waals surface area contributed by atoms with Gasteiger partial charge in [-0.1, -0.05) is 54.2 Å². The summed E-state index contributed by atoms with van der Waals surface area (Å²) in [7, 11) is 0. The van der Waals surface area contributed by atoms with Crippen molar-refractivity contribution >= 4 is 66.1 Å². The molecule has 0 aliphatic heterocycles. The van der Waals surface area contributed by atoms with Gasteiger partial charge in [-0.05, 0) is 52.7 Å². The van der Waals surface area contributed by atoms with E-state index in [1.54, 1.807) is 36.1 Å². The molecule has 0 aliphatic carbocycles. The zero-order valence-corrected chi connectivity index (χ0v) is 21.5. The van der Waals surface area contributed by atoms with Crippen LogP contribution in [0, 0.1) is 0 Å². The van der Waals surface area contributed by atoms with Crippen LogP contribution in [0.25, 0.3) is 21.1 Å². The number of ether oxygens (including phenoxy) is 1. The molecule has 3 aromatic carbocycles. The summed E-state index contributed by atoms with van der Waals surface area (Å²) in [5.74, 6) is 0.231. The van der Waals surface area contributed by atoms with Crippen molar-refractivity contribution in [2.75, 3.05) is 6.61 Å². The molecule has 0 aliphatic rings. The van der Waals surface area contributed by atoms with Crippen molar-refractivity contribution in [2.24, 2.45) is 0 Å². The molecule has 0 unspecified atom stereocenters. The fourth-order valence-electron chi connectivity index (χ4n) is 3.98. The first-order chi connectivity index (χ1) is 16.5. The summed E-state index contributed by atoms with van der Waals surface area (Å²) in [6.45, 7) is 2.66. The number of aromatic hydroxyl groups is 1. The molecule has 0 bridgehead atoms. The van der Waals surface area contributed by atoms with E-state index in [1.165, 1.54) is 0 Å². The number of carbonyl (C=O) groups excluding carboxylic acids is 1. The molecule has 0 saturated heterocycles. The van der Waals surface area contributed by atoms with Gasteiger partial charge in [0.15, 0.2) is 4.34 Å². The number of esters is 1. The lowest BCUT2D eigenvalue weighted by molar-refractivity contribution is 0.0527. The summed E-state index contributed by atoms with van der Waals surface area (Å²) in [6, 6.07) is 21.7. The van der Waals surface area contributed by atoms with E-state index >= 15 is 0 Å². The number of nitrogens with zero attached hydrogens (tertiary/aromatic N) is 2. The van der Waals surface area contributed by atoms with Gasteiger partial charge in [-0.25, -0.2) is 9.78 Å². The summed E-state index contributed by atoms with van der Waals surface area (Å²) in [6.07, 6.45) is 0. The molecule has 0 atom stereocenters. The van der Waals surface area contributed by atoms with E-state index in [0.717, 1.165) is 31.3 Å². The van der Waals surface area contributed by atoms with Crippen molar-refractivity contribution in [3.05, 3.63) is 88.0 Å². The number of phenols is 1. The average Bonchev–Trinajstić information content (AvgIpc) is 3.38. The lowest BCUT2D eigenvalue weighted by Gasteiger charge is -2.12. The van der Waals surface area contributed by atoms with E-state index in [0.29, 0.717) is 27.7 Å². The molecule has 5 rings (SSSR count). The zero-order chi connectivity index (χ0) is 23.7. The van der Waals surface area contributed by atoms with Gasteiger partial charge in [0.05, 0.1) is 32.4 Å². The van der Waals surface area contributed by atoms with Gasteiger partial charge < -0.3 is 14.4 Å². The number of fused-ring (bicyclic) bond motifs is 2. The standard InChI is InChI=1S/C26H21BrN2O3S2/c1-2-32-25(31)24-17-12-22(30)18(27)13-20(17)29(14-16-8-4-3-5-9-16)21(24)15-33-26-28-19-10-6-7-11-23(19)34-26/h3-13,30H,2,14-15H2,1H3. The molecule has 34 heavy (non-hydrogen) atoms. The Labute approximate surface area is 213 Å². The average molecular weight is 554 g/mol. The first-order valence-electron chi connectivity index (χ1n) is 10.8. The van der Waals surface area contributed by atoms with Crippen LogP contribution in [0.1, 0.15) is 28.5 Å². The van der Waals surface area contributed by atoms with E-state index in [1.807, 2.05) is 42.5 Å². The molecule has 2 aromatic heterocycles. The van der Waals surface area contributed by atoms with E-state index in [-0.39, 0.29) is 18.3 Å². The molecule has 0 radical (unpaired) electrons. The van der Waals surface area contributed by atoms with Crippen molar-refractivity contribution in [1.29, 1.82) is 0 Å². The molecule has 2 heterocycles. The number of aromatic nitrogens is 2. The zero-order valence-electron chi connectivity index (χ0n) is 18.3. The molecule has 8 heteroatoms. The first kappa shape index (κ1) is 23.0. The fourth-order valence-corrected chi connectivity index (χ4v) is 6.41. The fraction of sp³-hybridized carbons (Fsp3) is 0.154. The Morgan fingerprint density at radius 3 is 2.68 bits per heavy atom. The summed E-state index contributed by atoms with van der Waals surface area (Å²) in [5, 5.41) is 11.1. The van der Waals surface area contributed by atoms with E-state index in [2.05, 4.69) is 38.7 Å². The third-order valence-corrected chi connectivity index (χ3v) is 8.34. The van der Waals surface area contributed by atoms with Crippen molar-refractivity contribution in [3.63, 3.8) is 0 Å². The summed E-state index contributed by atoms with van der Waals surface area (Å²) in [5.41, 5.74) is 4.28. The van der Waals surface area contributed by atoms with Gasteiger partial charge in [0.25, 0.3) is 0 Å². The second-order valence-corrected chi connectivity index (χ2v) is 10.8. The minimum absolute atomic E-state index is 0.0836. The van der Waals surface area contributed by atoms with Gasteiger partial charge in [0, 0.05) is 23.4 Å². The lowest BCUT2D eigenvalue weighted by atomic mass is 10.1. The van der Waals surface area contributed by atoms with E-state index < -0.39 is 0 Å². The number of thioether (sulfide) groups is 1. The van der Waals surface area contributed by atoms with Crippen molar-refractivity contribution in [1.82, 2.24) is 9.55 Å². The Balaban J connectivity index is 1.64. The normalized spacial score (nSPS) is 11.4. The molecule has 0 saturated carbocycles. The number of para-hydroxylation sites is 1. The van der Waals surface area contributed by atoms with Gasteiger partial charge in [0.1, 0.15) is 5.75 Å². The summed E-state index contributed by atoms with van der Waals surface area (Å²) in [4.78, 5) is 17.9. The molecule has 0 amide bonds. The van der Waals surface area contributed by atoms with Gasteiger partial charge in [0.2, 0.25) is 0 Å². The molecule has 0 fully saturated rings. The number of phenolic OH excluding ortho intramolecular Hbond substituents is 1. The van der Waals surface area contributed by atoms with E-state index in [9.17, 15) is 9.90 Å². The topological polar surface area (TPSA) is 64.3 Å². The van der Waals surface area contributed by atoms with Crippen molar-refractivity contribution in [2.45, 2.75) is 23.6 Å². The number of thiazole rings is 1. The number of hydrogen-bond donors (Lipinski definition) is 1. The maximum absolute atomic E-state index is 13.1. The quantitative estimate of drug-likeness (QED) is 0.170. The monoisotopic (exact) mass is 552 g/mol. The Hall–Kier alpha value is -2.81. The van der Waals surface area contributed by atoms with Crippen LogP contribution < -0.4 is 0 Å². The largest absolute Gasteiger partial charge is 0.507 e. The third-order valence-electron chi connectivity index (χ3n) is 5.51. The predicted molar refractivity (Wildman–Crippen MR) is 142 cm³/mol. The van der Waals surface area contributed by atoms with Crippen LogP contribution in [0.5, 0.6) is 5.75 Å². The molecule has 0 spiro atoms. The number of carbonyl (C=O) groups is 1. The molecule has 1 N–H and O–H groups in total. The lowest BCUT2D eigenvalue weighted by Crippen LogP contribution is -2.10. The van der Waals surface area contributed by atoms with Crippen LogP contribution in [0.3, 0.4) is 0 Å². The molecular weight excluding hydrogens is 532 g/mol. The van der Waals surface area contributed by atoms with Crippen LogP contribution in [0.2, 0.25) is 0 Å². The third kappa shape index (κ3) is 4.45. The first-order valence-corrected chi connectivity index (χ1v) is 13.4. The Bertz CT molecular complexity index is 1460. The van der Waals surface area contributed by atoms with E-state index in [4.69, 9.17) is 9.72 Å². The van der Waals surface area contributed by atoms with Crippen molar-refractivity contribution in [3.8, 4) is 5.75 Å². The number of halogens is 1. The molecular formula is C26H21BrN2O3S2. The van der Waals surface area contributed by atoms with Crippen LogP contribution in [-0.2, 0) is 17.0 Å². The second-order valence-electron chi connectivity index (χ2n) is 7.67. The van der Waals surface area contributed by atoms with Crippen LogP contribution in [0.15, 0.2) is 75.5 Å². The van der Waals surface area contributed by atoms with Crippen LogP contribution >= 0.6 is 39.0 Å². The summed E-state index contributed by atoms with van der Waals surface area (Å²) < 4.78 is 10.2. The van der Waals surface area contributed by atoms with Crippen molar-refractivity contribution < 1.29 is 14.6 Å². The molecule has 172 valence electrons. The van der Waals surface area contributed by atoms with Gasteiger partial charge >= 0.3 is 5.97 Å². The molecule has 5 nitrogen and oxygen atoms in total. The maximum atomic E-state index is 13.1. The highest BCUT2D eigenvalue weighted by Crippen LogP contribution is 2.39. The highest BCUT2D eigenvalue weighted by molar-refractivity contribution is 9.10. The highest BCUT2D eigenvalue weighted by Gasteiger charge is 2.25. The number of rotatable bonds is 7. The number of benzene rings is 3. The van der Waals surface area contributed by atoms with Gasteiger partial charge in [-0.3, -0.25) is 0 Å². The van der Waals surface area contributed by atoms with Crippen LogP contribution in [0.4, 0.5) is 0 Å². The SMILES string of the molecule is CCOC(=O)c1c(CSc2nc3ccccc3s2)n(Cc2ccccc2)c2cc(Br)c(O)cc12. The summed E-state index contributed by atoms with van der Waals surface area (Å²) >= 11 is 6.68. The van der Waals surface area contributed by atoms with Crippen LogP contribution in [-0.4, -0.2) is 27.2 Å². The second kappa shape index (κ2) is 9.82. The Morgan fingerprint density at radius 1 is 1.15 bits per heavy atom. The van der Waals surface area contributed by atoms with Gasteiger partial charge in [-0.15, -0.1) is 11.3 Å². The maximum Gasteiger partial charge on any atom is 0.340 e. The Morgan fingerprint density at radius 2 is 1.91 bits per heavy atom. The minimum atomic E-state index is -0.388. The smallest absolute Gasteiger partial charge is 0.340 e. The van der Waals surface area contributed by atoms with Gasteiger partial charge in [-0.2, -0.15) is 0 Å². The predicted octanol–water partition coefficient (Wildman–Crippen LogP) is 7.24. The molecule has 5 aromatic rings. The number of hydrogen-bond acceptors (Lipinski definition) is 6. The minimum Gasteiger partial charge on any atom is -0.507 e. The highest BCUT2D eigenvalue weighted by atomic mass is 79.9.